The first-order valence-corrected chi connectivity index (χ1v) is 6.12. The number of carbonyl (C=O) groups is 1. The fraction of sp³-hybridized carbons (Fsp3) is 0.417. The van der Waals surface area contributed by atoms with Gasteiger partial charge in [0.05, 0.1) is 19.3 Å². The van der Waals surface area contributed by atoms with Crippen LogP contribution in [0.2, 0.25) is 0 Å². The van der Waals surface area contributed by atoms with Gasteiger partial charge in [0.25, 0.3) is 0 Å². The van der Waals surface area contributed by atoms with Crippen LogP contribution in [-0.4, -0.2) is 37.4 Å². The zero-order chi connectivity index (χ0) is 11.4. The predicted molar refractivity (Wildman–Crippen MR) is 65.3 cm³/mol. The molecule has 86 valence electrons. The summed E-state index contributed by atoms with van der Waals surface area (Å²) >= 11 is 3.41. The molecule has 0 amide bonds. The summed E-state index contributed by atoms with van der Waals surface area (Å²) in [5, 5.41) is 0. The minimum absolute atomic E-state index is 0.0850. The molecule has 1 fully saturated rings. The van der Waals surface area contributed by atoms with E-state index in [2.05, 4.69) is 33.0 Å². The Labute approximate surface area is 104 Å². The van der Waals surface area contributed by atoms with Gasteiger partial charge in [0.1, 0.15) is 6.29 Å². The highest BCUT2D eigenvalue weighted by Crippen LogP contribution is 2.23. The van der Waals surface area contributed by atoms with E-state index >= 15 is 0 Å². The molecule has 4 heteroatoms. The molecule has 1 aromatic carbocycles. The largest absolute Gasteiger partial charge is 0.371 e. The number of hydrogen-bond donors (Lipinski definition) is 0. The first-order chi connectivity index (χ1) is 7.79. The molecule has 1 aliphatic heterocycles. The monoisotopic (exact) mass is 283 g/mol. The van der Waals surface area contributed by atoms with E-state index in [-0.39, 0.29) is 6.10 Å². The van der Waals surface area contributed by atoms with Crippen molar-refractivity contribution in [1.29, 1.82) is 0 Å². The maximum atomic E-state index is 10.5. The number of morpholine rings is 1. The molecule has 0 N–H and O–H groups in total. The molecule has 2 rings (SSSR count). The van der Waals surface area contributed by atoms with Gasteiger partial charge in [-0.15, -0.1) is 0 Å². The lowest BCUT2D eigenvalue weighted by Crippen LogP contribution is -2.39. The molecular weight excluding hydrogens is 270 g/mol. The zero-order valence-electron chi connectivity index (χ0n) is 8.93. The average Bonchev–Trinajstić information content (AvgIpc) is 2.31. The smallest absolute Gasteiger partial charge is 0.133 e. The lowest BCUT2D eigenvalue weighted by atomic mass is 10.1. The molecule has 1 aromatic rings. The van der Waals surface area contributed by atoms with Gasteiger partial charge in [-0.2, -0.15) is 0 Å². The predicted octanol–water partition coefficient (Wildman–Crippen LogP) is 2.02. The highest BCUT2D eigenvalue weighted by atomic mass is 79.9. The summed E-state index contributed by atoms with van der Waals surface area (Å²) in [6.45, 7) is 2.82. The standard InChI is InChI=1S/C12H14BrNO2/c13-11-3-1-10(2-4-11)12-9-14(5-7-15)6-8-16-12/h1-4,7,12H,5-6,8-9H2. The molecule has 0 spiro atoms. The van der Waals surface area contributed by atoms with E-state index < -0.39 is 0 Å². The van der Waals surface area contributed by atoms with Gasteiger partial charge < -0.3 is 9.53 Å². The van der Waals surface area contributed by atoms with Crippen LogP contribution >= 0.6 is 15.9 Å². The fourth-order valence-corrected chi connectivity index (χ4v) is 2.12. The van der Waals surface area contributed by atoms with Gasteiger partial charge in [-0.3, -0.25) is 4.90 Å². The van der Waals surface area contributed by atoms with Gasteiger partial charge >= 0.3 is 0 Å². The maximum absolute atomic E-state index is 10.5. The Bertz CT molecular complexity index is 353. The second-order valence-electron chi connectivity index (χ2n) is 3.84. The van der Waals surface area contributed by atoms with Crippen LogP contribution in [-0.2, 0) is 9.53 Å². The normalized spacial score (nSPS) is 21.9. The van der Waals surface area contributed by atoms with Gasteiger partial charge in [-0.1, -0.05) is 28.1 Å². The van der Waals surface area contributed by atoms with Gasteiger partial charge in [0.2, 0.25) is 0 Å². The second kappa shape index (κ2) is 5.57. The molecule has 1 unspecified atom stereocenters. The van der Waals surface area contributed by atoms with Crippen molar-refractivity contribution in [2.24, 2.45) is 0 Å². The lowest BCUT2D eigenvalue weighted by molar-refractivity contribution is -0.111. The molecule has 0 saturated carbocycles. The quantitative estimate of drug-likeness (QED) is 0.795. The van der Waals surface area contributed by atoms with E-state index in [1.807, 2.05) is 12.1 Å². The molecular formula is C12H14BrNO2. The van der Waals surface area contributed by atoms with Crippen LogP contribution < -0.4 is 0 Å². The van der Waals surface area contributed by atoms with E-state index in [4.69, 9.17) is 4.74 Å². The van der Waals surface area contributed by atoms with Crippen LogP contribution in [0.5, 0.6) is 0 Å². The summed E-state index contributed by atoms with van der Waals surface area (Å²) in [6, 6.07) is 8.13. The van der Waals surface area contributed by atoms with Crippen molar-refractivity contribution in [1.82, 2.24) is 4.90 Å². The molecule has 1 aliphatic rings. The Balaban J connectivity index is 2.03. The van der Waals surface area contributed by atoms with Crippen LogP contribution in [0.25, 0.3) is 0 Å². The Hall–Kier alpha value is -0.710. The third kappa shape index (κ3) is 2.90. The Morgan fingerprint density at radius 3 is 2.88 bits per heavy atom. The number of halogens is 1. The van der Waals surface area contributed by atoms with E-state index in [1.165, 1.54) is 5.56 Å². The van der Waals surface area contributed by atoms with Gasteiger partial charge in [0, 0.05) is 17.6 Å². The number of carbonyl (C=O) groups excluding carboxylic acids is 1. The summed E-state index contributed by atoms with van der Waals surface area (Å²) < 4.78 is 6.77. The van der Waals surface area contributed by atoms with E-state index in [0.717, 1.165) is 23.8 Å². The third-order valence-corrected chi connectivity index (χ3v) is 3.25. The molecule has 1 saturated heterocycles. The number of hydrogen-bond acceptors (Lipinski definition) is 3. The summed E-state index contributed by atoms with van der Waals surface area (Å²) in [5.74, 6) is 0. The summed E-state index contributed by atoms with van der Waals surface area (Å²) in [7, 11) is 0. The molecule has 0 bridgehead atoms. The molecule has 1 heterocycles. The van der Waals surface area contributed by atoms with Crippen molar-refractivity contribution in [2.75, 3.05) is 26.2 Å². The van der Waals surface area contributed by atoms with Crippen molar-refractivity contribution >= 4 is 22.2 Å². The van der Waals surface area contributed by atoms with Gasteiger partial charge in [-0.05, 0) is 17.7 Å². The van der Waals surface area contributed by atoms with E-state index in [1.54, 1.807) is 0 Å². The lowest BCUT2D eigenvalue weighted by Gasteiger charge is -2.31. The van der Waals surface area contributed by atoms with Crippen LogP contribution in [0.1, 0.15) is 11.7 Å². The van der Waals surface area contributed by atoms with Crippen molar-refractivity contribution < 1.29 is 9.53 Å². The molecule has 1 atom stereocenters. The Morgan fingerprint density at radius 1 is 1.44 bits per heavy atom. The molecule has 0 radical (unpaired) electrons. The Morgan fingerprint density at radius 2 is 2.19 bits per heavy atom. The number of benzene rings is 1. The van der Waals surface area contributed by atoms with E-state index in [9.17, 15) is 4.79 Å². The minimum Gasteiger partial charge on any atom is -0.371 e. The number of rotatable bonds is 3. The van der Waals surface area contributed by atoms with Crippen LogP contribution in [0.4, 0.5) is 0 Å². The minimum atomic E-state index is 0.0850. The highest BCUT2D eigenvalue weighted by Gasteiger charge is 2.21. The molecule has 0 aliphatic carbocycles. The molecule has 3 nitrogen and oxygen atoms in total. The van der Waals surface area contributed by atoms with Crippen molar-refractivity contribution in [3.8, 4) is 0 Å². The van der Waals surface area contributed by atoms with Crippen LogP contribution in [0.15, 0.2) is 28.7 Å². The Kier molecular flexibility index (Phi) is 4.09. The maximum Gasteiger partial charge on any atom is 0.133 e. The topological polar surface area (TPSA) is 29.5 Å². The number of nitrogens with zero attached hydrogens (tertiary/aromatic N) is 1. The van der Waals surface area contributed by atoms with Crippen molar-refractivity contribution in [3.63, 3.8) is 0 Å². The summed E-state index contributed by atoms with van der Waals surface area (Å²) in [4.78, 5) is 12.6. The van der Waals surface area contributed by atoms with Gasteiger partial charge in [0.15, 0.2) is 0 Å². The van der Waals surface area contributed by atoms with E-state index in [0.29, 0.717) is 13.2 Å². The van der Waals surface area contributed by atoms with Crippen molar-refractivity contribution in [3.05, 3.63) is 34.3 Å². The SMILES string of the molecule is O=CCN1CCOC(c2ccc(Br)cc2)C1. The first kappa shape index (κ1) is 11.8. The highest BCUT2D eigenvalue weighted by molar-refractivity contribution is 9.10. The van der Waals surface area contributed by atoms with Crippen LogP contribution in [0, 0.1) is 0 Å². The number of ether oxygens (including phenoxy) is 1. The molecule has 16 heavy (non-hydrogen) atoms. The first-order valence-electron chi connectivity index (χ1n) is 5.32. The fourth-order valence-electron chi connectivity index (χ4n) is 1.85. The summed E-state index contributed by atoms with van der Waals surface area (Å²) in [5.41, 5.74) is 1.17. The zero-order valence-corrected chi connectivity index (χ0v) is 10.5. The molecule has 0 aromatic heterocycles. The van der Waals surface area contributed by atoms with Crippen molar-refractivity contribution in [2.45, 2.75) is 6.10 Å². The third-order valence-electron chi connectivity index (χ3n) is 2.73. The summed E-state index contributed by atoms with van der Waals surface area (Å²) in [6.07, 6.45) is 1.03. The second-order valence-corrected chi connectivity index (χ2v) is 4.75. The number of aldehydes is 1. The average molecular weight is 284 g/mol. The van der Waals surface area contributed by atoms with Crippen LogP contribution in [0.3, 0.4) is 0 Å². The van der Waals surface area contributed by atoms with Gasteiger partial charge in [-0.25, -0.2) is 0 Å².